The second kappa shape index (κ2) is 5.54. The van der Waals surface area contributed by atoms with Crippen LogP contribution in [-0.2, 0) is 12.0 Å². The van der Waals surface area contributed by atoms with Gasteiger partial charge in [-0.25, -0.2) is 4.98 Å². The maximum absolute atomic E-state index is 5.05. The number of hydrogen-bond donors (Lipinski definition) is 1. The fourth-order valence-electron chi connectivity index (χ4n) is 3.26. The van der Waals surface area contributed by atoms with Crippen molar-refractivity contribution in [3.63, 3.8) is 0 Å². The van der Waals surface area contributed by atoms with Crippen LogP contribution in [0, 0.1) is 5.92 Å². The van der Waals surface area contributed by atoms with E-state index in [1.54, 1.807) is 0 Å². The second-order valence-corrected chi connectivity index (χ2v) is 9.08. The molecule has 1 aliphatic heterocycles. The third kappa shape index (κ3) is 3.42. The van der Waals surface area contributed by atoms with E-state index < -0.39 is 0 Å². The molecule has 1 saturated heterocycles. The standard InChI is InChI=1S/C17H29N3S/c1-11-8-12(2)20(10-11)16-19-15(17(3,4)5)14(21-16)9-18-13-6-7-13/h11-13,18H,6-10H2,1-5H3. The average Bonchev–Trinajstić information content (AvgIpc) is 3.00. The Bertz CT molecular complexity index is 499. The van der Waals surface area contributed by atoms with E-state index in [0.717, 1.165) is 25.0 Å². The predicted octanol–water partition coefficient (Wildman–Crippen LogP) is 3.93. The summed E-state index contributed by atoms with van der Waals surface area (Å²) in [7, 11) is 0. The van der Waals surface area contributed by atoms with Crippen LogP contribution in [0.25, 0.3) is 0 Å². The molecule has 0 aromatic carbocycles. The van der Waals surface area contributed by atoms with Crippen LogP contribution in [0.5, 0.6) is 0 Å². The molecular formula is C17H29N3S. The molecule has 2 aliphatic rings. The zero-order chi connectivity index (χ0) is 15.2. The maximum atomic E-state index is 5.05. The van der Waals surface area contributed by atoms with E-state index in [-0.39, 0.29) is 5.41 Å². The topological polar surface area (TPSA) is 28.2 Å². The fraction of sp³-hybridized carbons (Fsp3) is 0.824. The number of nitrogens with zero attached hydrogens (tertiary/aromatic N) is 2. The van der Waals surface area contributed by atoms with Crippen LogP contribution in [0.1, 0.15) is 64.5 Å². The summed E-state index contributed by atoms with van der Waals surface area (Å²) < 4.78 is 0. The molecule has 4 heteroatoms. The number of rotatable bonds is 4. The van der Waals surface area contributed by atoms with Crippen LogP contribution in [0.2, 0.25) is 0 Å². The molecule has 3 nitrogen and oxygen atoms in total. The zero-order valence-electron chi connectivity index (χ0n) is 14.1. The summed E-state index contributed by atoms with van der Waals surface area (Å²) in [5, 5.41) is 4.90. The van der Waals surface area contributed by atoms with Gasteiger partial charge in [-0.2, -0.15) is 0 Å². The molecule has 2 heterocycles. The van der Waals surface area contributed by atoms with Gasteiger partial charge >= 0.3 is 0 Å². The van der Waals surface area contributed by atoms with Crippen molar-refractivity contribution in [1.29, 1.82) is 0 Å². The Hall–Kier alpha value is -0.610. The number of hydrogen-bond acceptors (Lipinski definition) is 4. The molecule has 1 aromatic rings. The fourth-order valence-corrected chi connectivity index (χ4v) is 4.59. The quantitative estimate of drug-likeness (QED) is 0.913. The maximum Gasteiger partial charge on any atom is 0.186 e. The molecule has 2 unspecified atom stereocenters. The minimum Gasteiger partial charge on any atom is -0.345 e. The third-order valence-corrected chi connectivity index (χ3v) is 5.65. The molecule has 1 aliphatic carbocycles. The smallest absolute Gasteiger partial charge is 0.186 e. The Balaban J connectivity index is 1.83. The highest BCUT2D eigenvalue weighted by Gasteiger charge is 2.31. The summed E-state index contributed by atoms with van der Waals surface area (Å²) in [6, 6.07) is 1.39. The Morgan fingerprint density at radius 3 is 2.52 bits per heavy atom. The van der Waals surface area contributed by atoms with Gasteiger partial charge in [-0.15, -0.1) is 11.3 Å². The van der Waals surface area contributed by atoms with Crippen molar-refractivity contribution in [2.45, 2.75) is 77.9 Å². The molecular weight excluding hydrogens is 278 g/mol. The van der Waals surface area contributed by atoms with Gasteiger partial charge in [0.1, 0.15) is 0 Å². The second-order valence-electron chi connectivity index (χ2n) is 8.02. The van der Waals surface area contributed by atoms with Gasteiger partial charge in [0, 0.05) is 35.5 Å². The largest absolute Gasteiger partial charge is 0.345 e. The third-order valence-electron chi connectivity index (χ3n) is 4.55. The lowest BCUT2D eigenvalue weighted by Gasteiger charge is -2.21. The van der Waals surface area contributed by atoms with E-state index in [1.807, 2.05) is 11.3 Å². The lowest BCUT2D eigenvalue weighted by molar-refractivity contribution is 0.558. The molecule has 1 saturated carbocycles. The molecule has 1 aromatic heterocycles. The summed E-state index contributed by atoms with van der Waals surface area (Å²) in [6.07, 6.45) is 3.98. The normalized spacial score (nSPS) is 26.6. The van der Waals surface area contributed by atoms with E-state index in [0.29, 0.717) is 6.04 Å². The Labute approximate surface area is 133 Å². The van der Waals surface area contributed by atoms with Crippen LogP contribution in [0.3, 0.4) is 0 Å². The lowest BCUT2D eigenvalue weighted by atomic mass is 9.91. The van der Waals surface area contributed by atoms with E-state index in [2.05, 4.69) is 44.8 Å². The summed E-state index contributed by atoms with van der Waals surface area (Å²) in [5.74, 6) is 0.787. The highest BCUT2D eigenvalue weighted by atomic mass is 32.1. The van der Waals surface area contributed by atoms with Crippen molar-refractivity contribution < 1.29 is 0 Å². The van der Waals surface area contributed by atoms with Gasteiger partial charge in [0.05, 0.1) is 5.69 Å². The minimum absolute atomic E-state index is 0.129. The molecule has 3 rings (SSSR count). The van der Waals surface area contributed by atoms with Gasteiger partial charge in [0.2, 0.25) is 0 Å². The van der Waals surface area contributed by atoms with Gasteiger partial charge in [0.15, 0.2) is 5.13 Å². The highest BCUT2D eigenvalue weighted by molar-refractivity contribution is 7.15. The van der Waals surface area contributed by atoms with Crippen molar-refractivity contribution in [1.82, 2.24) is 10.3 Å². The van der Waals surface area contributed by atoms with E-state index in [4.69, 9.17) is 4.98 Å². The summed E-state index contributed by atoms with van der Waals surface area (Å²) in [4.78, 5) is 9.01. The highest BCUT2D eigenvalue weighted by Crippen LogP contribution is 2.37. The van der Waals surface area contributed by atoms with Gasteiger partial charge < -0.3 is 10.2 Å². The summed E-state index contributed by atoms with van der Waals surface area (Å²) in [5.41, 5.74) is 1.42. The van der Waals surface area contributed by atoms with Crippen molar-refractivity contribution in [2.75, 3.05) is 11.4 Å². The Morgan fingerprint density at radius 1 is 1.29 bits per heavy atom. The molecule has 0 radical (unpaired) electrons. The van der Waals surface area contributed by atoms with Crippen molar-refractivity contribution in [2.24, 2.45) is 5.92 Å². The van der Waals surface area contributed by atoms with Gasteiger partial charge in [-0.3, -0.25) is 0 Å². The van der Waals surface area contributed by atoms with Crippen LogP contribution in [0.4, 0.5) is 5.13 Å². The van der Waals surface area contributed by atoms with Crippen molar-refractivity contribution in [3.05, 3.63) is 10.6 Å². The minimum atomic E-state index is 0.129. The van der Waals surface area contributed by atoms with Gasteiger partial charge in [-0.05, 0) is 32.1 Å². The number of aromatic nitrogens is 1. The first-order valence-corrected chi connectivity index (χ1v) is 9.16. The molecule has 0 spiro atoms. The number of nitrogens with one attached hydrogen (secondary N) is 1. The average molecular weight is 308 g/mol. The monoisotopic (exact) mass is 307 g/mol. The molecule has 2 fully saturated rings. The summed E-state index contributed by atoms with van der Waals surface area (Å²) in [6.45, 7) is 13.7. The first-order chi connectivity index (χ1) is 9.84. The van der Waals surface area contributed by atoms with Crippen LogP contribution >= 0.6 is 11.3 Å². The van der Waals surface area contributed by atoms with E-state index in [9.17, 15) is 0 Å². The molecule has 2 atom stereocenters. The first-order valence-electron chi connectivity index (χ1n) is 8.35. The van der Waals surface area contributed by atoms with Crippen molar-refractivity contribution in [3.8, 4) is 0 Å². The lowest BCUT2D eigenvalue weighted by Crippen LogP contribution is -2.26. The molecule has 21 heavy (non-hydrogen) atoms. The van der Waals surface area contributed by atoms with E-state index >= 15 is 0 Å². The molecule has 0 amide bonds. The molecule has 1 N–H and O–H groups in total. The van der Waals surface area contributed by atoms with Crippen LogP contribution in [-0.4, -0.2) is 23.6 Å². The van der Waals surface area contributed by atoms with Crippen LogP contribution < -0.4 is 10.2 Å². The molecule has 0 bridgehead atoms. The Morgan fingerprint density at radius 2 is 2.00 bits per heavy atom. The molecule has 118 valence electrons. The van der Waals surface area contributed by atoms with Gasteiger partial charge in [0.25, 0.3) is 0 Å². The summed E-state index contributed by atoms with van der Waals surface area (Å²) >= 11 is 1.91. The van der Waals surface area contributed by atoms with Crippen molar-refractivity contribution >= 4 is 16.5 Å². The SMILES string of the molecule is CC1CC(C)N(c2nc(C(C)(C)C)c(CNC3CC3)s2)C1. The predicted molar refractivity (Wildman–Crippen MR) is 91.3 cm³/mol. The van der Waals surface area contributed by atoms with E-state index in [1.165, 1.54) is 35.0 Å². The number of thiazole rings is 1. The van der Waals surface area contributed by atoms with Crippen LogP contribution in [0.15, 0.2) is 0 Å². The Kier molecular flexibility index (Phi) is 4.04. The first kappa shape index (κ1) is 15.3. The van der Waals surface area contributed by atoms with Gasteiger partial charge in [-0.1, -0.05) is 27.7 Å². The zero-order valence-corrected chi connectivity index (χ0v) is 14.9. The number of anilines is 1.